The van der Waals surface area contributed by atoms with Crippen LogP contribution in [0.4, 0.5) is 5.69 Å². The second kappa shape index (κ2) is 9.69. The number of piperidine rings is 1. The number of aromatic nitrogens is 1. The summed E-state index contributed by atoms with van der Waals surface area (Å²) in [6.07, 6.45) is 2.26. The molecule has 1 saturated heterocycles. The normalized spacial score (nSPS) is 15.8. The Hall–Kier alpha value is -2.65. The third-order valence-electron chi connectivity index (χ3n) is 6.32. The van der Waals surface area contributed by atoms with Crippen molar-refractivity contribution in [3.8, 4) is 0 Å². The molecule has 0 saturated carbocycles. The van der Waals surface area contributed by atoms with Gasteiger partial charge >= 0.3 is 0 Å². The molecular weight excluding hydrogens is 440 g/mol. The number of sulfonamides is 1. The number of nitrogens with zero attached hydrogens (tertiary/aromatic N) is 2. The highest BCUT2D eigenvalue weighted by Crippen LogP contribution is 2.33. The summed E-state index contributed by atoms with van der Waals surface area (Å²) in [4.78, 5) is 24.7. The number of rotatable bonds is 7. The minimum absolute atomic E-state index is 0.0362. The summed E-state index contributed by atoms with van der Waals surface area (Å²) in [5.41, 5.74) is 8.52. The first-order valence-electron chi connectivity index (χ1n) is 11.3. The molecule has 0 aliphatic carbocycles. The number of carbonyl (C=O) groups is 2. The Morgan fingerprint density at radius 3 is 2.06 bits per heavy atom. The smallest absolute Gasteiger partial charge is 0.265 e. The fourth-order valence-electron chi connectivity index (χ4n) is 4.35. The van der Waals surface area contributed by atoms with Gasteiger partial charge in [0.2, 0.25) is 15.9 Å². The number of nitrogens with two attached hydrogens (primary N) is 1. The number of carbonyl (C=O) groups excluding carboxylic acids is 2. The molecule has 1 aromatic carbocycles. The van der Waals surface area contributed by atoms with Gasteiger partial charge in [-0.15, -0.1) is 0 Å². The van der Waals surface area contributed by atoms with Crippen molar-refractivity contribution in [2.75, 3.05) is 18.4 Å². The SMILES string of the molecule is CC(C)c1cccc(C(C)C)c1NC(=O)C1CCN(S(=O)(=O)c2cc(C(N)=O)n(C)c2)CC1. The molecular formula is C24H34N4O4S. The van der Waals surface area contributed by atoms with Crippen molar-refractivity contribution in [3.05, 3.63) is 47.3 Å². The molecule has 0 radical (unpaired) electrons. The summed E-state index contributed by atoms with van der Waals surface area (Å²) < 4.78 is 28.9. The van der Waals surface area contributed by atoms with E-state index < -0.39 is 15.9 Å². The second-order valence-electron chi connectivity index (χ2n) is 9.32. The van der Waals surface area contributed by atoms with Gasteiger partial charge in [0, 0.05) is 37.9 Å². The lowest BCUT2D eigenvalue weighted by Crippen LogP contribution is -2.41. The Labute approximate surface area is 196 Å². The Kier molecular flexibility index (Phi) is 7.33. The standard InChI is InChI=1S/C24H34N4O4S/c1-15(2)19-7-6-8-20(16(3)4)22(19)26-24(30)17-9-11-28(12-10-17)33(31,32)18-13-21(23(25)29)27(5)14-18/h6-8,13-17H,9-12H2,1-5H3,(H2,25,29)(H,26,30). The molecule has 0 bridgehead atoms. The third kappa shape index (κ3) is 5.14. The van der Waals surface area contributed by atoms with Crippen molar-refractivity contribution in [2.45, 2.75) is 57.3 Å². The second-order valence-corrected chi connectivity index (χ2v) is 11.3. The summed E-state index contributed by atoms with van der Waals surface area (Å²) in [7, 11) is -2.19. The van der Waals surface area contributed by atoms with E-state index >= 15 is 0 Å². The number of benzene rings is 1. The topological polar surface area (TPSA) is 114 Å². The molecule has 2 amide bonds. The molecule has 3 N–H and O–H groups in total. The van der Waals surface area contributed by atoms with E-state index in [2.05, 4.69) is 33.0 Å². The third-order valence-corrected chi connectivity index (χ3v) is 8.18. The van der Waals surface area contributed by atoms with Crippen molar-refractivity contribution in [3.63, 3.8) is 0 Å². The van der Waals surface area contributed by atoms with Gasteiger partial charge in [0.05, 0.1) is 0 Å². The molecule has 1 fully saturated rings. The van der Waals surface area contributed by atoms with Crippen molar-refractivity contribution in [2.24, 2.45) is 18.7 Å². The van der Waals surface area contributed by atoms with E-state index in [0.717, 1.165) is 16.8 Å². The first-order valence-corrected chi connectivity index (χ1v) is 12.8. The fourth-order valence-corrected chi connectivity index (χ4v) is 5.89. The number of hydrogen-bond donors (Lipinski definition) is 2. The van der Waals surface area contributed by atoms with Crippen LogP contribution >= 0.6 is 0 Å². The molecule has 1 aliphatic rings. The first kappa shape index (κ1) is 25.0. The zero-order chi connectivity index (χ0) is 24.5. The van der Waals surface area contributed by atoms with Crippen LogP contribution in [0.2, 0.25) is 0 Å². The summed E-state index contributed by atoms with van der Waals surface area (Å²) in [5, 5.41) is 3.16. The summed E-state index contributed by atoms with van der Waals surface area (Å²) in [5.74, 6) is -0.493. The lowest BCUT2D eigenvalue weighted by molar-refractivity contribution is -0.120. The number of aryl methyl sites for hydroxylation is 1. The monoisotopic (exact) mass is 474 g/mol. The highest BCUT2D eigenvalue weighted by molar-refractivity contribution is 7.89. The maximum Gasteiger partial charge on any atom is 0.265 e. The predicted octanol–water partition coefficient (Wildman–Crippen LogP) is 3.41. The number of primary amides is 1. The van der Waals surface area contributed by atoms with Crippen LogP contribution in [0.3, 0.4) is 0 Å². The van der Waals surface area contributed by atoms with Gasteiger partial charge in [0.15, 0.2) is 0 Å². The summed E-state index contributed by atoms with van der Waals surface area (Å²) in [6, 6.07) is 7.41. The highest BCUT2D eigenvalue weighted by atomic mass is 32.2. The fraction of sp³-hybridized carbons (Fsp3) is 0.500. The van der Waals surface area contributed by atoms with Crippen molar-refractivity contribution in [1.29, 1.82) is 0 Å². The van der Waals surface area contributed by atoms with Crippen molar-refractivity contribution < 1.29 is 18.0 Å². The number of anilines is 1. The van der Waals surface area contributed by atoms with Gasteiger partial charge in [-0.3, -0.25) is 9.59 Å². The molecule has 1 aromatic heterocycles. The van der Waals surface area contributed by atoms with Gasteiger partial charge in [0.1, 0.15) is 10.6 Å². The average Bonchev–Trinajstić information content (AvgIpc) is 3.16. The van der Waals surface area contributed by atoms with Gasteiger partial charge in [-0.1, -0.05) is 45.9 Å². The molecule has 2 heterocycles. The van der Waals surface area contributed by atoms with Crippen LogP contribution in [0, 0.1) is 5.92 Å². The Bertz CT molecular complexity index is 1120. The maximum absolute atomic E-state index is 13.1. The zero-order valence-corrected chi connectivity index (χ0v) is 20.8. The van der Waals surface area contributed by atoms with Crippen LogP contribution in [0.5, 0.6) is 0 Å². The van der Waals surface area contributed by atoms with Crippen LogP contribution in [0.25, 0.3) is 0 Å². The lowest BCUT2D eigenvalue weighted by Gasteiger charge is -2.31. The van der Waals surface area contributed by atoms with Gasteiger partial charge in [-0.25, -0.2) is 8.42 Å². The largest absolute Gasteiger partial charge is 0.364 e. The maximum atomic E-state index is 13.1. The molecule has 180 valence electrons. The van der Waals surface area contributed by atoms with E-state index in [4.69, 9.17) is 5.73 Å². The summed E-state index contributed by atoms with van der Waals surface area (Å²) in [6.45, 7) is 8.89. The molecule has 8 nitrogen and oxygen atoms in total. The van der Waals surface area contributed by atoms with Gasteiger partial charge in [-0.05, 0) is 41.9 Å². The average molecular weight is 475 g/mol. The highest BCUT2D eigenvalue weighted by Gasteiger charge is 2.33. The zero-order valence-electron chi connectivity index (χ0n) is 20.0. The van der Waals surface area contributed by atoms with E-state index in [-0.39, 0.29) is 47.3 Å². The quantitative estimate of drug-likeness (QED) is 0.640. The van der Waals surface area contributed by atoms with E-state index in [1.54, 1.807) is 7.05 Å². The Balaban J connectivity index is 1.72. The lowest BCUT2D eigenvalue weighted by atomic mass is 9.91. The Morgan fingerprint density at radius 1 is 1.06 bits per heavy atom. The number of nitrogens with one attached hydrogen (secondary N) is 1. The van der Waals surface area contributed by atoms with Gasteiger partial charge in [0.25, 0.3) is 5.91 Å². The molecule has 0 unspecified atom stereocenters. The number of para-hydroxylation sites is 1. The van der Waals surface area contributed by atoms with E-state index in [9.17, 15) is 18.0 Å². The molecule has 33 heavy (non-hydrogen) atoms. The first-order chi connectivity index (χ1) is 15.4. The van der Waals surface area contributed by atoms with Gasteiger partial charge in [-0.2, -0.15) is 4.31 Å². The molecule has 2 aromatic rings. The minimum atomic E-state index is -3.77. The molecule has 1 aliphatic heterocycles. The molecule has 0 spiro atoms. The molecule has 3 rings (SSSR count). The van der Waals surface area contributed by atoms with E-state index in [1.807, 2.05) is 18.2 Å². The van der Waals surface area contributed by atoms with Crippen molar-refractivity contribution >= 4 is 27.5 Å². The Morgan fingerprint density at radius 2 is 1.61 bits per heavy atom. The predicted molar refractivity (Wildman–Crippen MR) is 129 cm³/mol. The number of hydrogen-bond acceptors (Lipinski definition) is 4. The van der Waals surface area contributed by atoms with E-state index in [0.29, 0.717) is 12.8 Å². The van der Waals surface area contributed by atoms with Gasteiger partial charge < -0.3 is 15.6 Å². The van der Waals surface area contributed by atoms with E-state index in [1.165, 1.54) is 21.1 Å². The van der Waals surface area contributed by atoms with Crippen LogP contribution in [0.15, 0.2) is 35.4 Å². The molecule has 9 heteroatoms. The van der Waals surface area contributed by atoms with Crippen LogP contribution < -0.4 is 11.1 Å². The van der Waals surface area contributed by atoms with Crippen molar-refractivity contribution in [1.82, 2.24) is 8.87 Å². The molecule has 0 atom stereocenters. The van der Waals surface area contributed by atoms with Crippen LogP contribution in [-0.4, -0.2) is 42.2 Å². The number of amides is 2. The minimum Gasteiger partial charge on any atom is -0.364 e. The van der Waals surface area contributed by atoms with Crippen LogP contribution in [-0.2, 0) is 21.9 Å². The summed E-state index contributed by atoms with van der Waals surface area (Å²) >= 11 is 0. The van der Waals surface area contributed by atoms with Crippen LogP contribution in [0.1, 0.15) is 74.0 Å².